The molecule has 2 aromatic rings. The molecular weight excluding hydrogens is 288 g/mol. The third-order valence-corrected chi connectivity index (χ3v) is 4.43. The van der Waals surface area contributed by atoms with Gasteiger partial charge in [-0.2, -0.15) is 4.98 Å². The highest BCUT2D eigenvalue weighted by molar-refractivity contribution is 6.02. The van der Waals surface area contributed by atoms with E-state index >= 15 is 0 Å². The summed E-state index contributed by atoms with van der Waals surface area (Å²) in [7, 11) is 0. The van der Waals surface area contributed by atoms with E-state index in [1.54, 1.807) is 0 Å². The zero-order chi connectivity index (χ0) is 16.8. The lowest BCUT2D eigenvalue weighted by molar-refractivity contribution is 0.0911. The molecule has 3 N–H and O–H groups in total. The summed E-state index contributed by atoms with van der Waals surface area (Å²) in [5, 5.41) is 3.23. The number of aryl methyl sites for hydroxylation is 1. The van der Waals surface area contributed by atoms with E-state index < -0.39 is 0 Å². The topological polar surface area (TPSA) is 80.9 Å². The fraction of sp³-hybridized carbons (Fsp3) is 0.389. The highest BCUT2D eigenvalue weighted by atomic mass is 16.1. The van der Waals surface area contributed by atoms with Gasteiger partial charge in [0.05, 0.1) is 11.3 Å². The Balaban J connectivity index is 2.01. The van der Waals surface area contributed by atoms with Gasteiger partial charge in [-0.05, 0) is 42.9 Å². The zero-order valence-corrected chi connectivity index (χ0v) is 14.0. The van der Waals surface area contributed by atoms with Crippen LogP contribution < -0.4 is 11.1 Å². The van der Waals surface area contributed by atoms with Crippen LogP contribution in [-0.2, 0) is 6.42 Å². The fourth-order valence-corrected chi connectivity index (χ4v) is 3.06. The van der Waals surface area contributed by atoms with Crippen molar-refractivity contribution in [3.05, 3.63) is 40.6 Å². The van der Waals surface area contributed by atoms with E-state index in [9.17, 15) is 4.79 Å². The lowest BCUT2D eigenvalue weighted by Gasteiger charge is -2.29. The number of nitrogens with two attached hydrogens (primary N) is 1. The Morgan fingerprint density at radius 2 is 1.91 bits per heavy atom. The number of benzene rings is 1. The van der Waals surface area contributed by atoms with E-state index in [0.29, 0.717) is 17.9 Å². The molecule has 1 heterocycles. The number of nitrogen functional groups attached to an aromatic ring is 1. The maximum absolute atomic E-state index is 12.3. The highest BCUT2D eigenvalue weighted by Crippen LogP contribution is 2.36. The summed E-state index contributed by atoms with van der Waals surface area (Å²) >= 11 is 0. The van der Waals surface area contributed by atoms with Gasteiger partial charge in [0, 0.05) is 12.1 Å². The minimum Gasteiger partial charge on any atom is -0.383 e. The summed E-state index contributed by atoms with van der Waals surface area (Å²) in [6.45, 7) is 8.25. The SMILES string of the molecule is Cc1cccc(Nc2nc(N)c3c(n2)CC(C)(C)CC3=O)c1C. The van der Waals surface area contributed by atoms with Gasteiger partial charge in [-0.3, -0.25) is 4.79 Å². The number of Topliss-reactive ketones (excluding diaryl/α,β-unsaturated/α-hetero) is 1. The van der Waals surface area contributed by atoms with E-state index in [4.69, 9.17) is 5.73 Å². The lowest BCUT2D eigenvalue weighted by atomic mass is 9.76. The molecule has 1 aliphatic carbocycles. The Bertz CT molecular complexity index is 796. The number of hydrogen-bond acceptors (Lipinski definition) is 5. The molecule has 23 heavy (non-hydrogen) atoms. The van der Waals surface area contributed by atoms with E-state index in [1.807, 2.05) is 19.1 Å². The Labute approximate surface area is 136 Å². The van der Waals surface area contributed by atoms with Crippen molar-refractivity contribution in [2.24, 2.45) is 5.41 Å². The molecule has 0 saturated carbocycles. The molecular formula is C18H22N4O. The molecule has 0 spiro atoms. The number of hydrogen-bond donors (Lipinski definition) is 2. The van der Waals surface area contributed by atoms with Crippen molar-refractivity contribution >= 4 is 23.2 Å². The second-order valence-corrected chi connectivity index (χ2v) is 7.07. The van der Waals surface area contributed by atoms with Crippen LogP contribution in [-0.4, -0.2) is 15.8 Å². The molecule has 5 heteroatoms. The van der Waals surface area contributed by atoms with Crippen LogP contribution in [0.2, 0.25) is 0 Å². The van der Waals surface area contributed by atoms with Gasteiger partial charge >= 0.3 is 0 Å². The van der Waals surface area contributed by atoms with Crippen molar-refractivity contribution in [2.75, 3.05) is 11.1 Å². The third kappa shape index (κ3) is 2.91. The summed E-state index contributed by atoms with van der Waals surface area (Å²) in [4.78, 5) is 21.2. The van der Waals surface area contributed by atoms with Crippen LogP contribution in [0.15, 0.2) is 18.2 Å². The Hall–Kier alpha value is -2.43. The van der Waals surface area contributed by atoms with Crippen LogP contribution in [0.5, 0.6) is 0 Å². The van der Waals surface area contributed by atoms with Crippen LogP contribution in [0.1, 0.15) is 47.4 Å². The molecule has 0 amide bonds. The molecule has 1 aromatic carbocycles. The monoisotopic (exact) mass is 310 g/mol. The minimum absolute atomic E-state index is 0.0343. The largest absolute Gasteiger partial charge is 0.383 e. The second-order valence-electron chi connectivity index (χ2n) is 7.07. The maximum Gasteiger partial charge on any atom is 0.229 e. The molecule has 5 nitrogen and oxygen atoms in total. The van der Waals surface area contributed by atoms with Crippen molar-refractivity contribution in [3.63, 3.8) is 0 Å². The Morgan fingerprint density at radius 3 is 2.65 bits per heavy atom. The number of ketones is 1. The van der Waals surface area contributed by atoms with Gasteiger partial charge in [-0.15, -0.1) is 0 Å². The van der Waals surface area contributed by atoms with Crippen molar-refractivity contribution in [2.45, 2.75) is 40.5 Å². The highest BCUT2D eigenvalue weighted by Gasteiger charge is 2.34. The molecule has 1 aliphatic rings. The minimum atomic E-state index is -0.0958. The second kappa shape index (κ2) is 5.33. The van der Waals surface area contributed by atoms with E-state index in [-0.39, 0.29) is 17.0 Å². The van der Waals surface area contributed by atoms with Gasteiger partial charge in [-0.1, -0.05) is 26.0 Å². The number of carbonyl (C=O) groups is 1. The Kier molecular flexibility index (Phi) is 3.59. The first-order valence-electron chi connectivity index (χ1n) is 7.80. The van der Waals surface area contributed by atoms with Crippen molar-refractivity contribution in [1.29, 1.82) is 0 Å². The van der Waals surface area contributed by atoms with Gasteiger partial charge in [0.2, 0.25) is 5.95 Å². The van der Waals surface area contributed by atoms with Gasteiger partial charge in [0.1, 0.15) is 5.82 Å². The molecule has 0 fully saturated rings. The molecule has 120 valence electrons. The van der Waals surface area contributed by atoms with Crippen molar-refractivity contribution < 1.29 is 4.79 Å². The zero-order valence-electron chi connectivity index (χ0n) is 14.0. The number of nitrogens with zero attached hydrogens (tertiary/aromatic N) is 2. The van der Waals surface area contributed by atoms with Gasteiger partial charge in [0.25, 0.3) is 0 Å². The van der Waals surface area contributed by atoms with Gasteiger partial charge < -0.3 is 11.1 Å². The van der Waals surface area contributed by atoms with E-state index in [0.717, 1.165) is 23.4 Å². The molecule has 0 bridgehead atoms. The van der Waals surface area contributed by atoms with Crippen LogP contribution >= 0.6 is 0 Å². The molecule has 0 radical (unpaired) electrons. The molecule has 0 unspecified atom stereocenters. The lowest BCUT2D eigenvalue weighted by Crippen LogP contribution is -2.29. The fourth-order valence-electron chi connectivity index (χ4n) is 3.06. The van der Waals surface area contributed by atoms with Gasteiger partial charge in [0.15, 0.2) is 5.78 Å². The number of aromatic nitrogens is 2. The summed E-state index contributed by atoms with van der Waals surface area (Å²) < 4.78 is 0. The predicted octanol–water partition coefficient (Wildman–Crippen LogP) is 3.57. The summed E-state index contributed by atoms with van der Waals surface area (Å²) in [6.07, 6.45) is 1.21. The van der Waals surface area contributed by atoms with Crippen molar-refractivity contribution in [3.8, 4) is 0 Å². The number of fused-ring (bicyclic) bond motifs is 1. The quantitative estimate of drug-likeness (QED) is 0.886. The third-order valence-electron chi connectivity index (χ3n) is 4.43. The summed E-state index contributed by atoms with van der Waals surface area (Å²) in [5.41, 5.74) is 10.5. The summed E-state index contributed by atoms with van der Waals surface area (Å²) in [5.74, 6) is 0.746. The predicted molar refractivity (Wildman–Crippen MR) is 92.1 cm³/mol. The average Bonchev–Trinajstić information content (AvgIpc) is 2.41. The normalized spacial score (nSPS) is 16.1. The molecule has 1 aromatic heterocycles. The first-order valence-corrected chi connectivity index (χ1v) is 7.80. The standard InChI is InChI=1S/C18H22N4O/c1-10-6-5-7-12(11(10)2)20-17-21-13-8-18(3,4)9-14(23)15(13)16(19)22-17/h5-7H,8-9H2,1-4H3,(H3,19,20,21,22). The number of anilines is 3. The molecule has 0 atom stereocenters. The number of rotatable bonds is 2. The first kappa shape index (κ1) is 15.5. The van der Waals surface area contributed by atoms with E-state index in [1.165, 1.54) is 5.56 Å². The van der Waals surface area contributed by atoms with Crippen LogP contribution in [0, 0.1) is 19.3 Å². The smallest absolute Gasteiger partial charge is 0.229 e. The van der Waals surface area contributed by atoms with E-state index in [2.05, 4.69) is 42.1 Å². The van der Waals surface area contributed by atoms with Crippen molar-refractivity contribution in [1.82, 2.24) is 9.97 Å². The van der Waals surface area contributed by atoms with Crippen LogP contribution in [0.3, 0.4) is 0 Å². The number of nitrogens with one attached hydrogen (secondary N) is 1. The molecule has 0 saturated heterocycles. The first-order chi connectivity index (χ1) is 10.8. The van der Waals surface area contributed by atoms with Crippen LogP contribution in [0.25, 0.3) is 0 Å². The Morgan fingerprint density at radius 1 is 1.17 bits per heavy atom. The van der Waals surface area contributed by atoms with Crippen LogP contribution in [0.4, 0.5) is 17.5 Å². The average molecular weight is 310 g/mol. The molecule has 3 rings (SSSR count). The maximum atomic E-state index is 12.3. The van der Waals surface area contributed by atoms with Gasteiger partial charge in [-0.25, -0.2) is 4.98 Å². The number of carbonyl (C=O) groups excluding carboxylic acids is 1. The summed E-state index contributed by atoms with van der Waals surface area (Å²) in [6, 6.07) is 6.03. The molecule has 0 aliphatic heterocycles.